The Balaban J connectivity index is 1.13. The van der Waals surface area contributed by atoms with Crippen LogP contribution >= 0.6 is 0 Å². The summed E-state index contributed by atoms with van der Waals surface area (Å²) >= 11 is 0. The Morgan fingerprint density at radius 1 is 0.936 bits per heavy atom. The van der Waals surface area contributed by atoms with E-state index in [1.165, 1.54) is 0 Å². The maximum absolute atomic E-state index is 13.6. The van der Waals surface area contributed by atoms with Crippen molar-refractivity contribution in [2.75, 3.05) is 29.9 Å². The van der Waals surface area contributed by atoms with E-state index in [-0.39, 0.29) is 29.9 Å². The van der Waals surface area contributed by atoms with Crippen LogP contribution in [0.3, 0.4) is 0 Å². The number of morpholine rings is 1. The van der Waals surface area contributed by atoms with Crippen LogP contribution in [0.5, 0.6) is 0 Å². The van der Waals surface area contributed by atoms with E-state index in [1.807, 2.05) is 42.6 Å². The first kappa shape index (κ1) is 32.3. The van der Waals surface area contributed by atoms with Crippen LogP contribution in [0.4, 0.5) is 11.5 Å². The summed E-state index contributed by atoms with van der Waals surface area (Å²) in [5.74, 6) is 1.39. The highest BCUT2D eigenvalue weighted by atomic mass is 16.5. The zero-order valence-corrected chi connectivity index (χ0v) is 26.9. The Morgan fingerprint density at radius 2 is 1.62 bits per heavy atom. The molecule has 5 N–H and O–H groups in total. The number of amides is 2. The number of aromatic nitrogens is 5. The molecule has 2 amide bonds. The van der Waals surface area contributed by atoms with Crippen molar-refractivity contribution in [1.82, 2.24) is 30.9 Å². The molecule has 1 aliphatic carbocycles. The van der Waals surface area contributed by atoms with Gasteiger partial charge in [-0.3, -0.25) is 9.59 Å². The molecule has 47 heavy (non-hydrogen) atoms. The number of pyridine rings is 1. The third-order valence-corrected chi connectivity index (χ3v) is 9.16. The molecule has 3 atom stereocenters. The monoisotopic (exact) mass is 637 g/mol. The fraction of sp³-hybridized carbons (Fsp3) is 0.429. The molecule has 1 saturated heterocycles. The van der Waals surface area contributed by atoms with Crippen molar-refractivity contribution < 1.29 is 14.3 Å². The normalized spacial score (nSPS) is 22.0. The van der Waals surface area contributed by atoms with Crippen LogP contribution < -0.4 is 21.3 Å². The van der Waals surface area contributed by atoms with Crippen LogP contribution in [-0.4, -0.2) is 75.3 Å². The van der Waals surface area contributed by atoms with Crippen LogP contribution in [0.1, 0.15) is 45.1 Å². The first-order chi connectivity index (χ1) is 22.8. The molecule has 0 radical (unpaired) electrons. The van der Waals surface area contributed by atoms with Gasteiger partial charge in [-0.05, 0) is 105 Å². The third kappa shape index (κ3) is 8.19. The molecule has 246 valence electrons. The number of hydrogen-bond donors (Lipinski definition) is 4. The van der Waals surface area contributed by atoms with Gasteiger partial charge in [-0.2, -0.15) is 5.21 Å². The number of aromatic amines is 1. The maximum atomic E-state index is 13.6. The van der Waals surface area contributed by atoms with Crippen molar-refractivity contribution in [3.63, 3.8) is 0 Å². The number of nitrogens with two attached hydrogens (primary N) is 1. The molecule has 2 fully saturated rings. The lowest BCUT2D eigenvalue weighted by Gasteiger charge is -2.36. The van der Waals surface area contributed by atoms with Crippen molar-refractivity contribution in [3.05, 3.63) is 72.4 Å². The van der Waals surface area contributed by atoms with Gasteiger partial charge >= 0.3 is 0 Å². The maximum Gasteiger partial charge on any atom is 0.247 e. The topological polar surface area (TPSA) is 164 Å². The second-order valence-corrected chi connectivity index (χ2v) is 12.8. The molecule has 2 aliphatic rings. The Bertz CT molecular complexity index is 1590. The standard InChI is InChI=1S/C35H43N9O3/c1-22-20-44(21-23(2)47-22)32-16-13-29(19-37-32)26-7-3-24(4-8-26)17-31(39-34(45)28-9-5-25(18-36)6-10-28)35(46)38-30-14-11-27(12-15-30)33-40-42-43-41-33/h3-4,7-8,11-16,19,22-23,25,28,31H,5-6,9-10,17-18,20-21,36H2,1-2H3,(H,38,46)(H,39,45)(H,40,41,42,43)/t22?,23?,25?,28?,31-/m0/s1. The van der Waals surface area contributed by atoms with Gasteiger partial charge in [0.15, 0.2) is 0 Å². The fourth-order valence-corrected chi connectivity index (χ4v) is 6.55. The predicted molar refractivity (Wildman–Crippen MR) is 180 cm³/mol. The molecule has 12 nitrogen and oxygen atoms in total. The molecule has 1 aliphatic heterocycles. The van der Waals surface area contributed by atoms with Gasteiger partial charge in [0.1, 0.15) is 11.9 Å². The number of tetrazole rings is 1. The number of ether oxygens (including phenoxy) is 1. The molecule has 6 rings (SSSR count). The highest BCUT2D eigenvalue weighted by Gasteiger charge is 2.29. The number of H-pyrrole nitrogens is 1. The van der Waals surface area contributed by atoms with Crippen LogP contribution in [0.15, 0.2) is 66.9 Å². The number of carbonyl (C=O) groups is 2. The first-order valence-electron chi connectivity index (χ1n) is 16.5. The fourth-order valence-electron chi connectivity index (χ4n) is 6.55. The lowest BCUT2D eigenvalue weighted by Crippen LogP contribution is -2.48. The quantitative estimate of drug-likeness (QED) is 0.201. The summed E-state index contributed by atoms with van der Waals surface area (Å²) < 4.78 is 5.86. The SMILES string of the molecule is CC1CN(c2ccc(-c3ccc(C[C@H](NC(=O)C4CCC(CN)CC4)C(=O)Nc4ccc(-c5nn[nH]n5)cc4)cc3)cn2)CC(C)O1. The largest absolute Gasteiger partial charge is 0.372 e. The van der Waals surface area contributed by atoms with Crippen LogP contribution in [0, 0.1) is 11.8 Å². The molecular weight excluding hydrogens is 594 g/mol. The van der Waals surface area contributed by atoms with E-state index >= 15 is 0 Å². The lowest BCUT2D eigenvalue weighted by atomic mass is 9.81. The number of nitrogens with one attached hydrogen (secondary N) is 3. The molecule has 4 aromatic rings. The predicted octanol–water partition coefficient (Wildman–Crippen LogP) is 3.97. The Hall–Kier alpha value is -4.68. The first-order valence-corrected chi connectivity index (χ1v) is 16.5. The van der Waals surface area contributed by atoms with E-state index in [2.05, 4.69) is 62.1 Å². The van der Waals surface area contributed by atoms with E-state index in [1.54, 1.807) is 12.1 Å². The minimum absolute atomic E-state index is 0.0834. The summed E-state index contributed by atoms with van der Waals surface area (Å²) in [6.45, 7) is 6.45. The van der Waals surface area contributed by atoms with Crippen LogP contribution in [0.2, 0.25) is 0 Å². The molecule has 0 bridgehead atoms. The van der Waals surface area contributed by atoms with E-state index in [0.717, 1.165) is 66.8 Å². The van der Waals surface area contributed by atoms with E-state index in [9.17, 15) is 9.59 Å². The summed E-state index contributed by atoms with van der Waals surface area (Å²) in [6.07, 6.45) is 6.00. The highest BCUT2D eigenvalue weighted by Crippen LogP contribution is 2.29. The van der Waals surface area contributed by atoms with Crippen molar-refractivity contribution >= 4 is 23.3 Å². The summed E-state index contributed by atoms with van der Waals surface area (Å²) in [5, 5.41) is 20.1. The highest BCUT2D eigenvalue weighted by molar-refractivity contribution is 5.97. The lowest BCUT2D eigenvalue weighted by molar-refractivity contribution is -0.130. The Morgan fingerprint density at radius 3 is 2.23 bits per heavy atom. The second-order valence-electron chi connectivity index (χ2n) is 12.8. The molecule has 1 saturated carbocycles. The van der Waals surface area contributed by atoms with Crippen LogP contribution in [-0.2, 0) is 20.7 Å². The Labute approximate surface area is 274 Å². The zero-order chi connectivity index (χ0) is 32.8. The average molecular weight is 638 g/mol. The summed E-state index contributed by atoms with van der Waals surface area (Å²) in [4.78, 5) is 34.0. The average Bonchev–Trinajstić information content (AvgIpc) is 3.64. The molecule has 3 heterocycles. The van der Waals surface area contributed by atoms with Crippen LogP contribution in [0.25, 0.3) is 22.5 Å². The number of anilines is 2. The molecular formula is C35H43N9O3. The van der Waals surface area contributed by atoms with Crippen molar-refractivity contribution in [3.8, 4) is 22.5 Å². The summed E-state index contributed by atoms with van der Waals surface area (Å²) in [7, 11) is 0. The van der Waals surface area contributed by atoms with Gasteiger partial charge in [0.05, 0.1) is 12.2 Å². The smallest absolute Gasteiger partial charge is 0.247 e. The molecule has 0 spiro atoms. The van der Waals surface area contributed by atoms with Crippen molar-refractivity contribution in [2.24, 2.45) is 17.6 Å². The molecule has 2 aromatic carbocycles. The number of rotatable bonds is 10. The van der Waals surface area contributed by atoms with Gasteiger partial charge in [0.2, 0.25) is 17.6 Å². The van der Waals surface area contributed by atoms with Crippen molar-refractivity contribution in [1.29, 1.82) is 0 Å². The summed E-state index contributed by atoms with van der Waals surface area (Å²) in [5.41, 5.74) is 10.2. The van der Waals surface area contributed by atoms with E-state index in [4.69, 9.17) is 15.5 Å². The van der Waals surface area contributed by atoms with Gasteiger partial charge in [0.25, 0.3) is 0 Å². The van der Waals surface area contributed by atoms with Gasteiger partial charge in [-0.25, -0.2) is 4.98 Å². The van der Waals surface area contributed by atoms with Crippen molar-refractivity contribution in [2.45, 2.75) is 64.2 Å². The third-order valence-electron chi connectivity index (χ3n) is 9.16. The molecule has 12 heteroatoms. The second kappa shape index (κ2) is 14.8. The number of benzene rings is 2. The molecule has 2 unspecified atom stereocenters. The minimum Gasteiger partial charge on any atom is -0.372 e. The van der Waals surface area contributed by atoms with Gasteiger partial charge in [0, 0.05) is 48.4 Å². The Kier molecular flexibility index (Phi) is 10.2. The van der Waals surface area contributed by atoms with Gasteiger partial charge < -0.3 is 26.0 Å². The van der Waals surface area contributed by atoms with Gasteiger partial charge in [-0.1, -0.05) is 24.3 Å². The van der Waals surface area contributed by atoms with E-state index < -0.39 is 6.04 Å². The minimum atomic E-state index is -0.753. The number of carbonyl (C=O) groups excluding carboxylic acids is 2. The summed E-state index contributed by atoms with van der Waals surface area (Å²) in [6, 6.07) is 18.7. The molecule has 2 aromatic heterocycles. The number of nitrogens with zero attached hydrogens (tertiary/aromatic N) is 5. The number of hydrogen-bond acceptors (Lipinski definition) is 9. The van der Waals surface area contributed by atoms with E-state index in [0.29, 0.717) is 30.4 Å². The zero-order valence-electron chi connectivity index (χ0n) is 26.9. The van der Waals surface area contributed by atoms with Gasteiger partial charge in [-0.15, -0.1) is 10.2 Å².